The van der Waals surface area contributed by atoms with E-state index >= 15 is 0 Å². The Morgan fingerprint density at radius 1 is 1.76 bits per heavy atom. The average Bonchev–Trinajstić information content (AvgIpc) is 2.98. The van der Waals surface area contributed by atoms with Crippen molar-refractivity contribution in [2.45, 2.75) is 45.2 Å². The van der Waals surface area contributed by atoms with Crippen LogP contribution in [0.15, 0.2) is 10.7 Å². The normalized spacial score (nSPS) is 21.4. The van der Waals surface area contributed by atoms with Gasteiger partial charge < -0.3 is 15.1 Å². The number of carbonyl (C=O) groups excluding carboxylic acids is 1. The van der Waals surface area contributed by atoms with Crippen LogP contribution in [0.4, 0.5) is 0 Å². The second kappa shape index (κ2) is 5.31. The minimum absolute atomic E-state index is 0.159. The monoisotopic (exact) mass is 237 g/mol. The zero-order chi connectivity index (χ0) is 12.3. The summed E-state index contributed by atoms with van der Waals surface area (Å²) >= 11 is 0. The topological polar surface area (TPSA) is 67.2 Å². The molecule has 0 radical (unpaired) electrons. The lowest BCUT2D eigenvalue weighted by molar-refractivity contribution is 0.0934. The van der Waals surface area contributed by atoms with Crippen LogP contribution in [0.5, 0.6) is 0 Å². The van der Waals surface area contributed by atoms with Gasteiger partial charge in [-0.25, -0.2) is 4.98 Å². The molecule has 0 aromatic carbocycles. The van der Waals surface area contributed by atoms with E-state index in [0.29, 0.717) is 11.6 Å². The van der Waals surface area contributed by atoms with E-state index in [4.69, 9.17) is 4.42 Å². The SMILES string of the molecule is CCC(C)NC(=O)c1coc(C2CCCN2)n1. The molecule has 0 spiro atoms. The Labute approximate surface area is 101 Å². The van der Waals surface area contributed by atoms with E-state index in [1.165, 1.54) is 6.26 Å². The van der Waals surface area contributed by atoms with Crippen molar-refractivity contribution >= 4 is 5.91 Å². The minimum atomic E-state index is -0.160. The molecule has 94 valence electrons. The standard InChI is InChI=1S/C12H19N3O2/c1-3-8(2)14-11(16)10-7-17-12(15-10)9-5-4-6-13-9/h7-9,13H,3-6H2,1-2H3,(H,14,16). The van der Waals surface area contributed by atoms with E-state index in [0.717, 1.165) is 25.8 Å². The molecule has 1 amide bonds. The number of nitrogens with zero attached hydrogens (tertiary/aromatic N) is 1. The van der Waals surface area contributed by atoms with Crippen LogP contribution in [0.2, 0.25) is 0 Å². The quantitative estimate of drug-likeness (QED) is 0.835. The molecule has 1 aromatic heterocycles. The lowest BCUT2D eigenvalue weighted by Crippen LogP contribution is -2.32. The molecule has 5 nitrogen and oxygen atoms in total. The first kappa shape index (κ1) is 12.1. The number of nitrogens with one attached hydrogen (secondary N) is 2. The van der Waals surface area contributed by atoms with Crippen molar-refractivity contribution in [1.29, 1.82) is 0 Å². The maximum atomic E-state index is 11.8. The molecule has 17 heavy (non-hydrogen) atoms. The van der Waals surface area contributed by atoms with Gasteiger partial charge in [-0.15, -0.1) is 0 Å². The van der Waals surface area contributed by atoms with Crippen LogP contribution in [-0.2, 0) is 0 Å². The van der Waals surface area contributed by atoms with Gasteiger partial charge >= 0.3 is 0 Å². The molecule has 1 saturated heterocycles. The minimum Gasteiger partial charge on any atom is -0.446 e. The summed E-state index contributed by atoms with van der Waals surface area (Å²) in [6.07, 6.45) is 4.49. The lowest BCUT2D eigenvalue weighted by atomic mass is 10.2. The van der Waals surface area contributed by atoms with Crippen molar-refractivity contribution in [2.75, 3.05) is 6.54 Å². The third-order valence-electron chi connectivity index (χ3n) is 3.10. The molecule has 2 atom stereocenters. The van der Waals surface area contributed by atoms with Crippen LogP contribution in [-0.4, -0.2) is 23.5 Å². The van der Waals surface area contributed by atoms with Crippen molar-refractivity contribution in [3.05, 3.63) is 17.8 Å². The molecule has 0 aliphatic carbocycles. The Balaban J connectivity index is 1.99. The maximum Gasteiger partial charge on any atom is 0.273 e. The molecule has 5 heteroatoms. The van der Waals surface area contributed by atoms with E-state index in [2.05, 4.69) is 15.6 Å². The van der Waals surface area contributed by atoms with Crippen LogP contribution in [0.25, 0.3) is 0 Å². The highest BCUT2D eigenvalue weighted by Crippen LogP contribution is 2.22. The smallest absolute Gasteiger partial charge is 0.273 e. The maximum absolute atomic E-state index is 11.8. The molecule has 0 saturated carbocycles. The summed E-state index contributed by atoms with van der Waals surface area (Å²) in [6, 6.07) is 0.326. The fourth-order valence-corrected chi connectivity index (χ4v) is 1.85. The molecular weight excluding hydrogens is 218 g/mol. The van der Waals surface area contributed by atoms with Gasteiger partial charge in [0.1, 0.15) is 6.26 Å². The molecule has 1 aliphatic heterocycles. The molecule has 2 rings (SSSR count). The number of oxazole rings is 1. The molecule has 1 aromatic rings. The molecule has 2 unspecified atom stereocenters. The summed E-state index contributed by atoms with van der Waals surface area (Å²) < 4.78 is 5.35. The first-order chi connectivity index (χ1) is 8.20. The van der Waals surface area contributed by atoms with E-state index < -0.39 is 0 Å². The molecule has 2 N–H and O–H groups in total. The number of hydrogen-bond acceptors (Lipinski definition) is 4. The summed E-state index contributed by atoms with van der Waals surface area (Å²) in [4.78, 5) is 16.0. The number of carbonyl (C=O) groups is 1. The molecular formula is C12H19N3O2. The Hall–Kier alpha value is -1.36. The fraction of sp³-hybridized carbons (Fsp3) is 0.667. The van der Waals surface area contributed by atoms with Gasteiger partial charge in [-0.2, -0.15) is 0 Å². The predicted molar refractivity (Wildman–Crippen MR) is 63.7 cm³/mol. The predicted octanol–water partition coefficient (Wildman–Crippen LogP) is 1.63. The Bertz CT molecular complexity index is 383. The van der Waals surface area contributed by atoms with Gasteiger partial charge in [0.15, 0.2) is 5.69 Å². The zero-order valence-corrected chi connectivity index (χ0v) is 10.3. The van der Waals surface area contributed by atoms with Crippen LogP contribution in [0, 0.1) is 0 Å². The highest BCUT2D eigenvalue weighted by Gasteiger charge is 2.22. The Morgan fingerprint density at radius 3 is 3.24 bits per heavy atom. The largest absolute Gasteiger partial charge is 0.446 e. The summed E-state index contributed by atoms with van der Waals surface area (Å²) in [5.41, 5.74) is 0.369. The number of aromatic nitrogens is 1. The average molecular weight is 237 g/mol. The highest BCUT2D eigenvalue weighted by molar-refractivity contribution is 5.92. The summed E-state index contributed by atoms with van der Waals surface area (Å²) in [5.74, 6) is 0.462. The second-order valence-corrected chi connectivity index (χ2v) is 4.50. The zero-order valence-electron chi connectivity index (χ0n) is 10.3. The Kier molecular flexibility index (Phi) is 3.78. The van der Waals surface area contributed by atoms with E-state index in [1.807, 2.05) is 13.8 Å². The van der Waals surface area contributed by atoms with Gasteiger partial charge in [0.05, 0.1) is 6.04 Å². The first-order valence-electron chi connectivity index (χ1n) is 6.20. The number of hydrogen-bond donors (Lipinski definition) is 2. The Morgan fingerprint density at radius 2 is 2.59 bits per heavy atom. The van der Waals surface area contributed by atoms with E-state index in [-0.39, 0.29) is 18.0 Å². The number of rotatable bonds is 4. The summed E-state index contributed by atoms with van der Waals surface area (Å²) in [5, 5.41) is 6.16. The van der Waals surface area contributed by atoms with E-state index in [9.17, 15) is 4.79 Å². The summed E-state index contributed by atoms with van der Waals surface area (Å²) in [6.45, 7) is 4.99. The van der Waals surface area contributed by atoms with Crippen molar-refractivity contribution < 1.29 is 9.21 Å². The highest BCUT2D eigenvalue weighted by atomic mass is 16.3. The molecule has 0 bridgehead atoms. The second-order valence-electron chi connectivity index (χ2n) is 4.50. The third-order valence-corrected chi connectivity index (χ3v) is 3.10. The van der Waals surface area contributed by atoms with Crippen molar-refractivity contribution in [1.82, 2.24) is 15.6 Å². The fourth-order valence-electron chi connectivity index (χ4n) is 1.85. The van der Waals surface area contributed by atoms with Crippen LogP contribution in [0.1, 0.15) is 55.5 Å². The van der Waals surface area contributed by atoms with Crippen molar-refractivity contribution in [3.8, 4) is 0 Å². The van der Waals surface area contributed by atoms with Crippen LogP contribution >= 0.6 is 0 Å². The van der Waals surface area contributed by atoms with Crippen molar-refractivity contribution in [3.63, 3.8) is 0 Å². The van der Waals surface area contributed by atoms with Gasteiger partial charge in [-0.3, -0.25) is 4.79 Å². The number of amides is 1. The van der Waals surface area contributed by atoms with Crippen LogP contribution < -0.4 is 10.6 Å². The van der Waals surface area contributed by atoms with Gasteiger partial charge in [0.25, 0.3) is 5.91 Å². The van der Waals surface area contributed by atoms with Gasteiger partial charge in [0.2, 0.25) is 5.89 Å². The molecule has 1 aliphatic rings. The summed E-state index contributed by atoms with van der Waals surface area (Å²) in [7, 11) is 0. The van der Waals surface area contributed by atoms with Gasteiger partial charge in [-0.1, -0.05) is 6.92 Å². The lowest BCUT2D eigenvalue weighted by Gasteiger charge is -2.09. The van der Waals surface area contributed by atoms with Gasteiger partial charge in [-0.05, 0) is 32.7 Å². The third kappa shape index (κ3) is 2.85. The van der Waals surface area contributed by atoms with Gasteiger partial charge in [0, 0.05) is 6.04 Å². The van der Waals surface area contributed by atoms with E-state index in [1.54, 1.807) is 0 Å². The van der Waals surface area contributed by atoms with Crippen LogP contribution in [0.3, 0.4) is 0 Å². The van der Waals surface area contributed by atoms with Crippen molar-refractivity contribution in [2.24, 2.45) is 0 Å². The molecule has 1 fully saturated rings. The molecule has 2 heterocycles. The first-order valence-corrected chi connectivity index (χ1v) is 6.20.